The molecule has 1 amide bonds. The van der Waals surface area contributed by atoms with Gasteiger partial charge in [-0.2, -0.15) is 0 Å². The number of nitrogens with zero attached hydrogens (tertiary/aromatic N) is 1. The minimum absolute atomic E-state index is 0.0338. The molecular formula is C15H21NO5. The molecule has 1 aliphatic rings. The van der Waals surface area contributed by atoms with Gasteiger partial charge in [-0.1, -0.05) is 13.8 Å². The number of rotatable bonds is 5. The molecule has 2 heterocycles. The summed E-state index contributed by atoms with van der Waals surface area (Å²) in [6, 6.07) is 3.30. The predicted octanol–water partition coefficient (Wildman–Crippen LogP) is 2.00. The molecule has 1 N–H and O–H groups in total. The number of ether oxygens (including phenoxy) is 1. The summed E-state index contributed by atoms with van der Waals surface area (Å²) in [7, 11) is 1.55. The van der Waals surface area contributed by atoms with Crippen LogP contribution in [0.25, 0.3) is 0 Å². The molecule has 0 saturated carbocycles. The molecule has 1 aromatic rings. The van der Waals surface area contributed by atoms with E-state index in [1.54, 1.807) is 24.1 Å². The van der Waals surface area contributed by atoms with E-state index < -0.39 is 11.4 Å². The van der Waals surface area contributed by atoms with Crippen molar-refractivity contribution in [3.05, 3.63) is 23.7 Å². The van der Waals surface area contributed by atoms with E-state index >= 15 is 0 Å². The van der Waals surface area contributed by atoms with Gasteiger partial charge in [-0.3, -0.25) is 9.59 Å². The number of aliphatic carboxylic acids is 1. The van der Waals surface area contributed by atoms with E-state index in [1.807, 2.05) is 13.8 Å². The Hall–Kier alpha value is -1.82. The van der Waals surface area contributed by atoms with Crippen LogP contribution in [0.5, 0.6) is 0 Å². The zero-order valence-electron chi connectivity index (χ0n) is 12.6. The Morgan fingerprint density at radius 1 is 1.48 bits per heavy atom. The average Bonchev–Trinajstić information content (AvgIpc) is 3.05. The largest absolute Gasteiger partial charge is 0.481 e. The first-order chi connectivity index (χ1) is 9.90. The summed E-state index contributed by atoms with van der Waals surface area (Å²) < 4.78 is 10.4. The molecule has 0 radical (unpaired) electrons. The number of carbonyl (C=O) groups excluding carboxylic acids is 1. The van der Waals surface area contributed by atoms with Gasteiger partial charge in [0, 0.05) is 20.2 Å². The van der Waals surface area contributed by atoms with Gasteiger partial charge in [0.1, 0.15) is 12.4 Å². The molecule has 1 atom stereocenters. The number of carboxylic acids is 1. The molecule has 1 aliphatic heterocycles. The molecule has 2 rings (SSSR count). The summed E-state index contributed by atoms with van der Waals surface area (Å²) in [5.41, 5.74) is -0.863. The van der Waals surface area contributed by atoms with Crippen molar-refractivity contribution in [1.29, 1.82) is 0 Å². The minimum atomic E-state index is -0.863. The van der Waals surface area contributed by atoms with Gasteiger partial charge in [-0.05, 0) is 24.5 Å². The second kappa shape index (κ2) is 5.89. The Balaban J connectivity index is 2.12. The Bertz CT molecular complexity index is 536. The van der Waals surface area contributed by atoms with Crippen molar-refractivity contribution in [2.75, 3.05) is 20.2 Å². The number of carboxylic acid groups (broad SMARTS) is 1. The van der Waals surface area contributed by atoms with Crippen LogP contribution < -0.4 is 0 Å². The van der Waals surface area contributed by atoms with E-state index in [-0.39, 0.29) is 24.1 Å². The molecular weight excluding hydrogens is 274 g/mol. The highest BCUT2D eigenvalue weighted by Gasteiger charge is 2.48. The van der Waals surface area contributed by atoms with E-state index in [1.165, 1.54) is 0 Å². The van der Waals surface area contributed by atoms with Gasteiger partial charge in [0.05, 0.1) is 5.41 Å². The monoisotopic (exact) mass is 295 g/mol. The molecule has 1 unspecified atom stereocenters. The summed E-state index contributed by atoms with van der Waals surface area (Å²) >= 11 is 0. The van der Waals surface area contributed by atoms with Gasteiger partial charge in [-0.15, -0.1) is 0 Å². The van der Waals surface area contributed by atoms with Crippen LogP contribution in [0.3, 0.4) is 0 Å². The third-order valence-corrected chi connectivity index (χ3v) is 4.28. The maximum Gasteiger partial charge on any atom is 0.311 e. The van der Waals surface area contributed by atoms with E-state index in [0.717, 1.165) is 0 Å². The highest BCUT2D eigenvalue weighted by molar-refractivity contribution is 5.92. The second-order valence-electron chi connectivity index (χ2n) is 5.79. The van der Waals surface area contributed by atoms with E-state index in [4.69, 9.17) is 9.15 Å². The normalized spacial score (nSPS) is 22.0. The Morgan fingerprint density at radius 3 is 2.71 bits per heavy atom. The summed E-state index contributed by atoms with van der Waals surface area (Å²) in [6.45, 7) is 4.72. The quantitative estimate of drug-likeness (QED) is 0.898. The van der Waals surface area contributed by atoms with Gasteiger partial charge in [0.2, 0.25) is 0 Å². The van der Waals surface area contributed by atoms with Gasteiger partial charge in [0.15, 0.2) is 5.76 Å². The van der Waals surface area contributed by atoms with Crippen LogP contribution in [0, 0.1) is 11.3 Å². The molecule has 0 aliphatic carbocycles. The van der Waals surface area contributed by atoms with Crippen LogP contribution in [0.15, 0.2) is 16.5 Å². The molecule has 116 valence electrons. The van der Waals surface area contributed by atoms with Crippen LogP contribution in [0.4, 0.5) is 0 Å². The summed E-state index contributed by atoms with van der Waals surface area (Å²) in [5, 5.41) is 9.50. The van der Waals surface area contributed by atoms with Crippen LogP contribution in [-0.4, -0.2) is 42.1 Å². The number of furan rings is 1. The lowest BCUT2D eigenvalue weighted by atomic mass is 9.76. The van der Waals surface area contributed by atoms with Crippen molar-refractivity contribution >= 4 is 11.9 Å². The summed E-state index contributed by atoms with van der Waals surface area (Å²) in [5.74, 6) is -0.331. The Morgan fingerprint density at radius 2 is 2.19 bits per heavy atom. The van der Waals surface area contributed by atoms with Crippen molar-refractivity contribution in [1.82, 2.24) is 4.90 Å². The molecule has 0 bridgehead atoms. The molecule has 1 saturated heterocycles. The fraction of sp³-hybridized carbons (Fsp3) is 0.600. The van der Waals surface area contributed by atoms with Gasteiger partial charge in [0.25, 0.3) is 5.91 Å². The highest BCUT2D eigenvalue weighted by atomic mass is 16.5. The van der Waals surface area contributed by atoms with Crippen molar-refractivity contribution in [3.8, 4) is 0 Å². The standard InChI is InChI=1S/C15H21NO5/c1-10(2)15(14(18)19)6-7-16(9-15)13(17)12-5-4-11(21-12)8-20-3/h4-5,10H,6-9H2,1-3H3,(H,18,19). The van der Waals surface area contributed by atoms with E-state index in [2.05, 4.69) is 0 Å². The van der Waals surface area contributed by atoms with E-state index in [0.29, 0.717) is 25.3 Å². The Kier molecular flexibility index (Phi) is 4.37. The van der Waals surface area contributed by atoms with Crippen LogP contribution in [0.1, 0.15) is 36.6 Å². The maximum atomic E-state index is 12.4. The molecule has 0 aromatic carbocycles. The molecule has 6 nitrogen and oxygen atoms in total. The number of methoxy groups -OCH3 is 1. The number of hydrogen-bond acceptors (Lipinski definition) is 4. The summed E-state index contributed by atoms with van der Waals surface area (Å²) in [4.78, 5) is 25.5. The van der Waals surface area contributed by atoms with Gasteiger partial charge in [-0.25, -0.2) is 0 Å². The van der Waals surface area contributed by atoms with Crippen molar-refractivity contribution in [2.24, 2.45) is 11.3 Å². The number of hydrogen-bond donors (Lipinski definition) is 1. The number of amides is 1. The molecule has 1 aromatic heterocycles. The lowest BCUT2D eigenvalue weighted by Gasteiger charge is -2.28. The first kappa shape index (κ1) is 15.6. The van der Waals surface area contributed by atoms with E-state index in [9.17, 15) is 14.7 Å². The maximum absolute atomic E-state index is 12.4. The zero-order chi connectivity index (χ0) is 15.6. The first-order valence-corrected chi connectivity index (χ1v) is 7.01. The SMILES string of the molecule is COCc1ccc(C(=O)N2CCC(C(=O)O)(C(C)C)C2)o1. The first-order valence-electron chi connectivity index (χ1n) is 7.01. The van der Waals surface area contributed by atoms with Gasteiger partial charge >= 0.3 is 5.97 Å². The number of carbonyl (C=O) groups is 2. The second-order valence-corrected chi connectivity index (χ2v) is 5.79. The van der Waals surface area contributed by atoms with Crippen molar-refractivity contribution in [2.45, 2.75) is 26.9 Å². The minimum Gasteiger partial charge on any atom is -0.481 e. The van der Waals surface area contributed by atoms with Crippen molar-refractivity contribution in [3.63, 3.8) is 0 Å². The third-order valence-electron chi connectivity index (χ3n) is 4.28. The lowest BCUT2D eigenvalue weighted by Crippen LogP contribution is -2.40. The average molecular weight is 295 g/mol. The van der Waals surface area contributed by atoms with Crippen LogP contribution >= 0.6 is 0 Å². The van der Waals surface area contributed by atoms with Gasteiger partial charge < -0.3 is 19.2 Å². The topological polar surface area (TPSA) is 80.0 Å². The fourth-order valence-electron chi connectivity index (χ4n) is 2.77. The number of likely N-dealkylation sites (tertiary alicyclic amines) is 1. The highest BCUT2D eigenvalue weighted by Crippen LogP contribution is 2.38. The Labute approximate surface area is 123 Å². The smallest absolute Gasteiger partial charge is 0.311 e. The third kappa shape index (κ3) is 2.81. The van der Waals surface area contributed by atoms with Crippen LogP contribution in [-0.2, 0) is 16.1 Å². The molecule has 21 heavy (non-hydrogen) atoms. The fourth-order valence-corrected chi connectivity index (χ4v) is 2.77. The van der Waals surface area contributed by atoms with Crippen LogP contribution in [0.2, 0.25) is 0 Å². The van der Waals surface area contributed by atoms with Crippen molar-refractivity contribution < 1.29 is 23.8 Å². The summed E-state index contributed by atoms with van der Waals surface area (Å²) in [6.07, 6.45) is 0.470. The zero-order valence-corrected chi connectivity index (χ0v) is 12.6. The molecule has 1 fully saturated rings. The molecule has 6 heteroatoms. The lowest BCUT2D eigenvalue weighted by molar-refractivity contribution is -0.150. The predicted molar refractivity (Wildman–Crippen MR) is 74.8 cm³/mol. The molecule has 0 spiro atoms.